The highest BCUT2D eigenvalue weighted by molar-refractivity contribution is 5.95. The van der Waals surface area contributed by atoms with Crippen molar-refractivity contribution in [2.24, 2.45) is 5.92 Å². The van der Waals surface area contributed by atoms with E-state index < -0.39 is 5.82 Å². The second kappa shape index (κ2) is 7.36. The molecular formula is C15H22FN3O2. The van der Waals surface area contributed by atoms with Gasteiger partial charge in [0.2, 0.25) is 0 Å². The van der Waals surface area contributed by atoms with Gasteiger partial charge >= 0.3 is 0 Å². The molecule has 1 aromatic rings. The molecule has 0 bridgehead atoms. The van der Waals surface area contributed by atoms with Crippen LogP contribution in [0.1, 0.15) is 30.1 Å². The fourth-order valence-electron chi connectivity index (χ4n) is 2.53. The summed E-state index contributed by atoms with van der Waals surface area (Å²) in [6.45, 7) is 4.44. The first-order valence-corrected chi connectivity index (χ1v) is 7.35. The van der Waals surface area contributed by atoms with Gasteiger partial charge in [0.15, 0.2) is 11.6 Å². The molecule has 2 heterocycles. The highest BCUT2D eigenvalue weighted by Crippen LogP contribution is 2.19. The fraction of sp³-hybridized carbons (Fsp3) is 0.600. The average Bonchev–Trinajstić information content (AvgIpc) is 2.50. The third-order valence-electron chi connectivity index (χ3n) is 3.60. The Hall–Kier alpha value is -1.69. The van der Waals surface area contributed by atoms with E-state index in [9.17, 15) is 9.18 Å². The van der Waals surface area contributed by atoms with Gasteiger partial charge in [0.05, 0.1) is 12.2 Å². The van der Waals surface area contributed by atoms with Crippen molar-refractivity contribution in [1.29, 1.82) is 0 Å². The first kappa shape index (κ1) is 15.7. The summed E-state index contributed by atoms with van der Waals surface area (Å²) in [5.74, 6) is -0.459. The van der Waals surface area contributed by atoms with E-state index in [1.165, 1.54) is 12.3 Å². The summed E-state index contributed by atoms with van der Waals surface area (Å²) in [5.41, 5.74) is 0.0557. The lowest BCUT2D eigenvalue weighted by Crippen LogP contribution is -2.35. The number of carbonyl (C=O) groups is 1. The van der Waals surface area contributed by atoms with E-state index in [0.29, 0.717) is 25.6 Å². The van der Waals surface area contributed by atoms with E-state index >= 15 is 0 Å². The van der Waals surface area contributed by atoms with Crippen LogP contribution in [0.3, 0.4) is 0 Å². The standard InChI is InChI=1S/C15H22FN3O2/c1-3-17-14-13(16)12(6-7-18-14)15(20)19(2)9-11-5-4-8-21-10-11/h6-7,11H,3-5,8-10H2,1-2H3,(H,17,18). The molecule has 21 heavy (non-hydrogen) atoms. The lowest BCUT2D eigenvalue weighted by Gasteiger charge is -2.27. The maximum Gasteiger partial charge on any atom is 0.256 e. The number of carbonyl (C=O) groups excluding carboxylic acids is 1. The zero-order valence-corrected chi connectivity index (χ0v) is 12.6. The van der Waals surface area contributed by atoms with Gasteiger partial charge in [-0.25, -0.2) is 9.37 Å². The minimum absolute atomic E-state index is 0.0557. The molecule has 6 heteroatoms. The topological polar surface area (TPSA) is 54.5 Å². The number of hydrogen-bond acceptors (Lipinski definition) is 4. The quantitative estimate of drug-likeness (QED) is 0.904. The molecule has 0 aromatic carbocycles. The average molecular weight is 295 g/mol. The Morgan fingerprint density at radius 1 is 1.62 bits per heavy atom. The lowest BCUT2D eigenvalue weighted by molar-refractivity contribution is 0.0387. The molecule has 1 aliphatic heterocycles. The normalized spacial score (nSPS) is 18.3. The number of halogens is 1. The van der Waals surface area contributed by atoms with Crippen LogP contribution in [0.2, 0.25) is 0 Å². The predicted molar refractivity (Wildman–Crippen MR) is 78.9 cm³/mol. The van der Waals surface area contributed by atoms with Gasteiger partial charge in [0.25, 0.3) is 5.91 Å². The molecular weight excluding hydrogens is 273 g/mol. The van der Waals surface area contributed by atoms with E-state index in [1.54, 1.807) is 11.9 Å². The van der Waals surface area contributed by atoms with E-state index in [0.717, 1.165) is 19.4 Å². The minimum atomic E-state index is -0.587. The molecule has 1 aromatic heterocycles. The SMILES string of the molecule is CCNc1nccc(C(=O)N(C)CC2CCCOC2)c1F. The maximum atomic E-state index is 14.3. The molecule has 2 rings (SSSR count). The molecule has 0 saturated carbocycles. The van der Waals surface area contributed by atoms with Gasteiger partial charge in [-0.05, 0) is 31.7 Å². The Morgan fingerprint density at radius 3 is 3.10 bits per heavy atom. The van der Waals surface area contributed by atoms with Crippen molar-refractivity contribution in [2.75, 3.05) is 38.7 Å². The number of hydrogen-bond donors (Lipinski definition) is 1. The zero-order valence-electron chi connectivity index (χ0n) is 12.6. The number of pyridine rings is 1. The third-order valence-corrected chi connectivity index (χ3v) is 3.60. The Kier molecular flexibility index (Phi) is 5.50. The lowest BCUT2D eigenvalue weighted by atomic mass is 10.0. The number of ether oxygens (including phenoxy) is 1. The number of nitrogens with one attached hydrogen (secondary N) is 1. The predicted octanol–water partition coefficient (Wildman–Crippen LogP) is 2.15. The number of rotatable bonds is 5. The van der Waals surface area contributed by atoms with Crippen LogP contribution in [-0.2, 0) is 4.74 Å². The minimum Gasteiger partial charge on any atom is -0.381 e. The molecule has 1 aliphatic rings. The van der Waals surface area contributed by atoms with Crippen molar-refractivity contribution in [3.8, 4) is 0 Å². The summed E-state index contributed by atoms with van der Waals surface area (Å²) in [4.78, 5) is 17.9. The molecule has 1 fully saturated rings. The molecule has 1 N–H and O–H groups in total. The monoisotopic (exact) mass is 295 g/mol. The molecule has 0 spiro atoms. The number of amides is 1. The zero-order chi connectivity index (χ0) is 15.2. The number of anilines is 1. The maximum absolute atomic E-state index is 14.3. The van der Waals surface area contributed by atoms with Crippen LogP contribution in [0.5, 0.6) is 0 Å². The van der Waals surface area contributed by atoms with Crippen LogP contribution >= 0.6 is 0 Å². The first-order valence-electron chi connectivity index (χ1n) is 7.35. The van der Waals surface area contributed by atoms with Crippen LogP contribution in [0.15, 0.2) is 12.3 Å². The van der Waals surface area contributed by atoms with Crippen LogP contribution in [0, 0.1) is 11.7 Å². The Morgan fingerprint density at radius 2 is 2.43 bits per heavy atom. The van der Waals surface area contributed by atoms with Crippen LogP contribution in [-0.4, -0.2) is 49.1 Å². The highest BCUT2D eigenvalue weighted by Gasteiger charge is 2.22. The summed E-state index contributed by atoms with van der Waals surface area (Å²) in [7, 11) is 1.70. The van der Waals surface area contributed by atoms with Gasteiger partial charge in [-0.1, -0.05) is 0 Å². The summed E-state index contributed by atoms with van der Waals surface area (Å²) < 4.78 is 19.7. The fourth-order valence-corrected chi connectivity index (χ4v) is 2.53. The Balaban J connectivity index is 2.06. The van der Waals surface area contributed by atoms with Crippen LogP contribution in [0.25, 0.3) is 0 Å². The second-order valence-electron chi connectivity index (χ2n) is 5.32. The van der Waals surface area contributed by atoms with Crippen molar-refractivity contribution in [1.82, 2.24) is 9.88 Å². The van der Waals surface area contributed by atoms with Crippen molar-refractivity contribution < 1.29 is 13.9 Å². The van der Waals surface area contributed by atoms with E-state index in [4.69, 9.17) is 4.74 Å². The molecule has 1 unspecified atom stereocenters. The molecule has 1 amide bonds. The molecule has 116 valence electrons. The van der Waals surface area contributed by atoms with Gasteiger partial charge < -0.3 is 15.0 Å². The molecule has 1 atom stereocenters. The largest absolute Gasteiger partial charge is 0.381 e. The van der Waals surface area contributed by atoms with Crippen molar-refractivity contribution >= 4 is 11.7 Å². The number of aromatic nitrogens is 1. The van der Waals surface area contributed by atoms with E-state index in [-0.39, 0.29) is 17.3 Å². The van der Waals surface area contributed by atoms with E-state index in [1.807, 2.05) is 6.92 Å². The molecule has 5 nitrogen and oxygen atoms in total. The van der Waals surface area contributed by atoms with Crippen molar-refractivity contribution in [3.05, 3.63) is 23.6 Å². The molecule has 0 radical (unpaired) electrons. The van der Waals surface area contributed by atoms with Gasteiger partial charge in [0.1, 0.15) is 0 Å². The second-order valence-corrected chi connectivity index (χ2v) is 5.32. The van der Waals surface area contributed by atoms with Crippen LogP contribution < -0.4 is 5.32 Å². The Labute approximate surface area is 124 Å². The smallest absolute Gasteiger partial charge is 0.256 e. The Bertz CT molecular complexity index is 490. The molecule has 0 aliphatic carbocycles. The summed E-state index contributed by atoms with van der Waals surface area (Å²) in [6.07, 6.45) is 3.51. The third kappa shape index (κ3) is 3.91. The molecule has 1 saturated heterocycles. The van der Waals surface area contributed by atoms with Gasteiger partial charge in [-0.3, -0.25) is 4.79 Å². The van der Waals surface area contributed by atoms with E-state index in [2.05, 4.69) is 10.3 Å². The van der Waals surface area contributed by atoms with Gasteiger partial charge in [0, 0.05) is 32.9 Å². The van der Waals surface area contributed by atoms with Gasteiger partial charge in [-0.15, -0.1) is 0 Å². The summed E-state index contributed by atoms with van der Waals surface area (Å²) >= 11 is 0. The highest BCUT2D eigenvalue weighted by atomic mass is 19.1. The number of nitrogens with zero attached hydrogens (tertiary/aromatic N) is 2. The summed E-state index contributed by atoms with van der Waals surface area (Å²) in [5, 5.41) is 2.81. The first-order chi connectivity index (χ1) is 10.1. The summed E-state index contributed by atoms with van der Waals surface area (Å²) in [6, 6.07) is 1.42. The van der Waals surface area contributed by atoms with Crippen molar-refractivity contribution in [3.63, 3.8) is 0 Å². The van der Waals surface area contributed by atoms with Gasteiger partial charge in [-0.2, -0.15) is 0 Å². The van der Waals surface area contributed by atoms with Crippen molar-refractivity contribution in [2.45, 2.75) is 19.8 Å². The van der Waals surface area contributed by atoms with Crippen LogP contribution in [0.4, 0.5) is 10.2 Å².